The van der Waals surface area contributed by atoms with Crippen molar-refractivity contribution in [2.24, 2.45) is 0 Å². The van der Waals surface area contributed by atoms with Crippen molar-refractivity contribution in [3.8, 4) is 28.4 Å². The molecule has 0 saturated carbocycles. The van der Waals surface area contributed by atoms with Crippen LogP contribution >= 0.6 is 17.5 Å². The number of para-hydroxylation sites is 3. The average Bonchev–Trinajstić information content (AvgIpc) is 3.78. The molecule has 5 nitrogen and oxygen atoms in total. The van der Waals surface area contributed by atoms with Crippen LogP contribution in [0.15, 0.2) is 176 Å². The zero-order chi connectivity index (χ0) is 32.6. The van der Waals surface area contributed by atoms with Crippen molar-refractivity contribution in [3.05, 3.63) is 176 Å². The van der Waals surface area contributed by atoms with Gasteiger partial charge in [-0.05, 0) is 75.5 Å². The minimum Gasteiger partial charge on any atom is -0.455 e. The van der Waals surface area contributed by atoms with Crippen molar-refractivity contribution >= 4 is 60.8 Å². The molecule has 236 valence electrons. The fraction of sp³-hybridized carbons (Fsp3) is 0. The standard InChI is InChI=1S/C42H30N2O3P2/c1-2-16-34(17-3-1)46-49(44-29-27-33-15-7-11-21-38(33)44)47-40-25-23-31-13-5-9-19-36(31)42(40)41-35-18-8-4-12-30(35)22-24-39(41)45-48-43-28-26-32-14-6-10-20-37(32)43/h1-29,48H. The Labute approximate surface area is 286 Å². The summed E-state index contributed by atoms with van der Waals surface area (Å²) >= 11 is 0. The topological polar surface area (TPSA) is 37.6 Å². The molecule has 2 heterocycles. The number of fused-ring (bicyclic) bond motifs is 4. The number of nitrogens with zero attached hydrogens (tertiary/aromatic N) is 2. The smallest absolute Gasteiger partial charge is 0.421 e. The summed E-state index contributed by atoms with van der Waals surface area (Å²) in [5.74, 6) is 2.24. The molecule has 0 amide bonds. The summed E-state index contributed by atoms with van der Waals surface area (Å²) in [6.07, 6.45) is 4.14. The molecule has 7 heteroatoms. The predicted molar refractivity (Wildman–Crippen MR) is 205 cm³/mol. The van der Waals surface area contributed by atoms with Gasteiger partial charge in [-0.3, -0.25) is 8.68 Å². The first-order valence-electron chi connectivity index (χ1n) is 16.1. The van der Waals surface area contributed by atoms with E-state index in [4.69, 9.17) is 13.6 Å². The van der Waals surface area contributed by atoms with Gasteiger partial charge in [0, 0.05) is 28.9 Å². The first kappa shape index (κ1) is 29.5. The van der Waals surface area contributed by atoms with Crippen molar-refractivity contribution in [1.29, 1.82) is 0 Å². The molecule has 0 N–H and O–H groups in total. The van der Waals surface area contributed by atoms with E-state index in [1.807, 2.05) is 36.4 Å². The Morgan fingerprint density at radius 1 is 0.429 bits per heavy atom. The highest BCUT2D eigenvalue weighted by Gasteiger charge is 2.25. The van der Waals surface area contributed by atoms with Gasteiger partial charge in [-0.1, -0.05) is 115 Å². The Kier molecular flexibility index (Phi) is 7.70. The minimum absolute atomic E-state index is 0.0453. The Morgan fingerprint density at radius 3 is 1.71 bits per heavy atom. The molecule has 49 heavy (non-hydrogen) atoms. The fourth-order valence-electron chi connectivity index (χ4n) is 6.41. The molecule has 0 aliphatic carbocycles. The van der Waals surface area contributed by atoms with Crippen LogP contribution in [0.4, 0.5) is 0 Å². The highest BCUT2D eigenvalue weighted by Crippen LogP contribution is 2.52. The first-order chi connectivity index (χ1) is 24.3. The van der Waals surface area contributed by atoms with E-state index in [0.717, 1.165) is 66.3 Å². The molecule has 0 saturated heterocycles. The molecule has 0 spiro atoms. The van der Waals surface area contributed by atoms with E-state index in [9.17, 15) is 0 Å². The fourth-order valence-corrected chi connectivity index (χ4v) is 8.59. The molecule has 9 aromatic rings. The highest BCUT2D eigenvalue weighted by atomic mass is 31.2. The van der Waals surface area contributed by atoms with Crippen molar-refractivity contribution in [1.82, 2.24) is 8.68 Å². The van der Waals surface area contributed by atoms with E-state index in [1.54, 1.807) is 0 Å². The van der Waals surface area contributed by atoms with Gasteiger partial charge in [-0.25, -0.2) is 0 Å². The molecular weight excluding hydrogens is 642 g/mol. The summed E-state index contributed by atoms with van der Waals surface area (Å²) in [6, 6.07) is 56.1. The molecule has 7 aromatic carbocycles. The van der Waals surface area contributed by atoms with Crippen LogP contribution in [-0.4, -0.2) is 8.68 Å². The van der Waals surface area contributed by atoms with E-state index in [0.29, 0.717) is 0 Å². The number of benzene rings is 7. The summed E-state index contributed by atoms with van der Waals surface area (Å²) in [5, 5.41) is 6.70. The Bertz CT molecular complexity index is 2600. The van der Waals surface area contributed by atoms with Crippen LogP contribution in [0.1, 0.15) is 0 Å². The Morgan fingerprint density at radius 2 is 0.980 bits per heavy atom. The van der Waals surface area contributed by atoms with E-state index in [1.165, 1.54) is 5.39 Å². The van der Waals surface area contributed by atoms with Crippen molar-refractivity contribution in [2.75, 3.05) is 0 Å². The maximum absolute atomic E-state index is 7.12. The molecule has 2 atom stereocenters. The second-order valence-corrected chi connectivity index (χ2v) is 13.9. The van der Waals surface area contributed by atoms with Crippen molar-refractivity contribution in [2.45, 2.75) is 0 Å². The number of rotatable bonds is 9. The van der Waals surface area contributed by atoms with Gasteiger partial charge in [-0.2, -0.15) is 0 Å². The molecule has 9 rings (SSSR count). The lowest BCUT2D eigenvalue weighted by Gasteiger charge is -2.23. The predicted octanol–water partition coefficient (Wildman–Crippen LogP) is 12.2. The molecule has 0 radical (unpaired) electrons. The van der Waals surface area contributed by atoms with Crippen LogP contribution < -0.4 is 13.6 Å². The molecule has 0 bridgehead atoms. The van der Waals surface area contributed by atoms with E-state index in [2.05, 4.69) is 148 Å². The summed E-state index contributed by atoms with van der Waals surface area (Å²) < 4.78 is 24.9. The summed E-state index contributed by atoms with van der Waals surface area (Å²) in [7, 11) is -1.62. The third-order valence-corrected chi connectivity index (χ3v) is 11.1. The SMILES string of the molecule is c1ccc(OP(Oc2ccc3ccccc3c2-c2c(OPn3ccc4ccccc43)ccc3ccccc23)n2ccc3ccccc32)cc1. The molecule has 2 aromatic heterocycles. The van der Waals surface area contributed by atoms with Gasteiger partial charge in [0.1, 0.15) is 17.2 Å². The largest absolute Gasteiger partial charge is 0.455 e. The maximum Gasteiger partial charge on any atom is 0.421 e. The summed E-state index contributed by atoms with van der Waals surface area (Å²) in [5.41, 5.74) is 4.13. The lowest BCUT2D eigenvalue weighted by atomic mass is 9.92. The molecule has 0 aliphatic heterocycles. The van der Waals surface area contributed by atoms with Crippen molar-refractivity contribution < 1.29 is 13.6 Å². The second kappa shape index (κ2) is 12.8. The van der Waals surface area contributed by atoms with Gasteiger partial charge in [0.25, 0.3) is 0 Å². The van der Waals surface area contributed by atoms with Crippen LogP contribution in [0, 0.1) is 0 Å². The molecule has 0 fully saturated rings. The van der Waals surface area contributed by atoms with E-state index < -0.39 is 8.53 Å². The van der Waals surface area contributed by atoms with Crippen LogP contribution in [0.2, 0.25) is 0 Å². The third-order valence-electron chi connectivity index (χ3n) is 8.74. The maximum atomic E-state index is 7.12. The zero-order valence-electron chi connectivity index (χ0n) is 26.3. The number of aromatic nitrogens is 2. The zero-order valence-corrected chi connectivity index (χ0v) is 28.2. The van der Waals surface area contributed by atoms with Gasteiger partial charge in [0.15, 0.2) is 8.96 Å². The van der Waals surface area contributed by atoms with Crippen LogP contribution in [0.5, 0.6) is 17.2 Å². The van der Waals surface area contributed by atoms with Gasteiger partial charge < -0.3 is 13.6 Å². The summed E-state index contributed by atoms with van der Waals surface area (Å²) in [6.45, 7) is 0. The Balaban J connectivity index is 1.22. The molecule has 2 unspecified atom stereocenters. The molecular formula is C42H30N2O3P2. The second-order valence-electron chi connectivity index (χ2n) is 11.7. The quantitative estimate of drug-likeness (QED) is 0.143. The summed E-state index contributed by atoms with van der Waals surface area (Å²) in [4.78, 5) is 0. The number of hydrogen-bond acceptors (Lipinski definition) is 3. The van der Waals surface area contributed by atoms with Crippen LogP contribution in [0.25, 0.3) is 54.5 Å². The van der Waals surface area contributed by atoms with Gasteiger partial charge >= 0.3 is 8.53 Å². The number of hydrogen-bond donors (Lipinski definition) is 0. The van der Waals surface area contributed by atoms with Gasteiger partial charge in [0.2, 0.25) is 0 Å². The van der Waals surface area contributed by atoms with E-state index in [-0.39, 0.29) is 8.96 Å². The molecule has 0 aliphatic rings. The van der Waals surface area contributed by atoms with Crippen LogP contribution in [-0.2, 0) is 0 Å². The van der Waals surface area contributed by atoms with Crippen molar-refractivity contribution in [3.63, 3.8) is 0 Å². The normalized spacial score (nSPS) is 12.3. The third kappa shape index (κ3) is 5.58. The van der Waals surface area contributed by atoms with E-state index >= 15 is 0 Å². The first-order valence-corrected chi connectivity index (χ1v) is 18.1. The van der Waals surface area contributed by atoms with Gasteiger partial charge in [0.05, 0.1) is 11.0 Å². The average molecular weight is 673 g/mol. The lowest BCUT2D eigenvalue weighted by Crippen LogP contribution is -2.05. The highest BCUT2D eigenvalue weighted by molar-refractivity contribution is 7.46. The van der Waals surface area contributed by atoms with Crippen LogP contribution in [0.3, 0.4) is 0 Å². The lowest BCUT2D eigenvalue weighted by molar-refractivity contribution is 0.481. The minimum atomic E-state index is -1.67. The Hall–Kier alpha value is -5.60. The monoisotopic (exact) mass is 672 g/mol. The van der Waals surface area contributed by atoms with Gasteiger partial charge in [-0.15, -0.1) is 0 Å².